The van der Waals surface area contributed by atoms with Crippen LogP contribution < -0.4 is 21.0 Å². The van der Waals surface area contributed by atoms with Crippen LogP contribution in [0.15, 0.2) is 23.3 Å². The highest BCUT2D eigenvalue weighted by Crippen LogP contribution is 2.28. The maximum atomic E-state index is 12.1. The van der Waals surface area contributed by atoms with Gasteiger partial charge in [0.1, 0.15) is 5.84 Å². The standard InChI is InChI=1S/C15H19Cl2N5O/c16-12-2-1-11(8-13(12)17)22-6-3-14(21-22)20-15(23)7-10-9-18-4-5-19-10/h1-2,8,10,18-19H,3-7,9H2,(H,20,21,23). The van der Waals surface area contributed by atoms with E-state index in [1.165, 1.54) is 0 Å². The molecule has 2 aliphatic heterocycles. The SMILES string of the molecule is O=C(CC1CNCCN1)NC1=NN(c2ccc(Cl)c(Cl)c2)CC1. The number of amidine groups is 1. The average molecular weight is 356 g/mol. The Balaban J connectivity index is 1.56. The van der Waals surface area contributed by atoms with E-state index >= 15 is 0 Å². The molecular formula is C15H19Cl2N5O. The molecule has 3 rings (SSSR count). The number of carbonyl (C=O) groups is 1. The third-order valence-corrected chi connectivity index (χ3v) is 4.58. The summed E-state index contributed by atoms with van der Waals surface area (Å²) in [4.78, 5) is 12.1. The molecule has 124 valence electrons. The van der Waals surface area contributed by atoms with Crippen molar-refractivity contribution in [3.8, 4) is 0 Å². The Morgan fingerprint density at radius 3 is 2.96 bits per heavy atom. The Morgan fingerprint density at radius 1 is 1.35 bits per heavy atom. The van der Waals surface area contributed by atoms with E-state index in [-0.39, 0.29) is 11.9 Å². The number of hydrogen-bond donors (Lipinski definition) is 3. The first-order valence-corrected chi connectivity index (χ1v) is 8.41. The Morgan fingerprint density at radius 2 is 2.22 bits per heavy atom. The zero-order chi connectivity index (χ0) is 16.2. The van der Waals surface area contributed by atoms with Crippen molar-refractivity contribution >= 4 is 40.6 Å². The van der Waals surface area contributed by atoms with E-state index in [4.69, 9.17) is 23.2 Å². The lowest BCUT2D eigenvalue weighted by atomic mass is 10.1. The molecule has 1 unspecified atom stereocenters. The van der Waals surface area contributed by atoms with Gasteiger partial charge in [-0.3, -0.25) is 9.80 Å². The predicted molar refractivity (Wildman–Crippen MR) is 93.3 cm³/mol. The van der Waals surface area contributed by atoms with E-state index in [2.05, 4.69) is 21.1 Å². The summed E-state index contributed by atoms with van der Waals surface area (Å²) in [5.41, 5.74) is 0.863. The Bertz CT molecular complexity index is 616. The van der Waals surface area contributed by atoms with Gasteiger partial charge in [0, 0.05) is 45.1 Å². The molecule has 1 atom stereocenters. The molecule has 1 saturated heterocycles. The second-order valence-electron chi connectivity index (χ2n) is 5.63. The second kappa shape index (κ2) is 7.49. The van der Waals surface area contributed by atoms with E-state index in [1.54, 1.807) is 12.1 Å². The molecule has 8 heteroatoms. The van der Waals surface area contributed by atoms with E-state index < -0.39 is 0 Å². The predicted octanol–water partition coefficient (Wildman–Crippen LogP) is 1.58. The molecule has 1 fully saturated rings. The minimum Gasteiger partial charge on any atom is -0.314 e. The highest BCUT2D eigenvalue weighted by atomic mass is 35.5. The van der Waals surface area contributed by atoms with Gasteiger partial charge < -0.3 is 16.0 Å². The van der Waals surface area contributed by atoms with Crippen LogP contribution in [0.3, 0.4) is 0 Å². The molecule has 2 heterocycles. The van der Waals surface area contributed by atoms with Gasteiger partial charge in [0.25, 0.3) is 0 Å². The number of amides is 1. The zero-order valence-electron chi connectivity index (χ0n) is 12.6. The molecule has 1 aromatic rings. The van der Waals surface area contributed by atoms with E-state index in [0.29, 0.717) is 35.3 Å². The molecular weight excluding hydrogens is 337 g/mol. The summed E-state index contributed by atoms with van der Waals surface area (Å²) in [5.74, 6) is 0.672. The number of benzene rings is 1. The molecule has 0 bridgehead atoms. The third-order valence-electron chi connectivity index (χ3n) is 3.84. The molecule has 1 aromatic carbocycles. The van der Waals surface area contributed by atoms with Gasteiger partial charge in [0.2, 0.25) is 5.91 Å². The third kappa shape index (κ3) is 4.35. The molecule has 0 radical (unpaired) electrons. The first-order chi connectivity index (χ1) is 11.1. The van der Waals surface area contributed by atoms with Crippen LogP contribution >= 0.6 is 23.2 Å². The van der Waals surface area contributed by atoms with Gasteiger partial charge in [-0.05, 0) is 18.2 Å². The van der Waals surface area contributed by atoms with Gasteiger partial charge in [0.15, 0.2) is 0 Å². The van der Waals surface area contributed by atoms with Crippen molar-refractivity contribution in [2.45, 2.75) is 18.9 Å². The van der Waals surface area contributed by atoms with Crippen molar-refractivity contribution in [3.63, 3.8) is 0 Å². The van der Waals surface area contributed by atoms with E-state index in [1.807, 2.05) is 11.1 Å². The van der Waals surface area contributed by atoms with Gasteiger partial charge >= 0.3 is 0 Å². The van der Waals surface area contributed by atoms with Crippen molar-refractivity contribution in [3.05, 3.63) is 28.2 Å². The van der Waals surface area contributed by atoms with Crippen molar-refractivity contribution in [1.29, 1.82) is 0 Å². The maximum Gasteiger partial charge on any atom is 0.226 e. The largest absolute Gasteiger partial charge is 0.314 e. The monoisotopic (exact) mass is 355 g/mol. The minimum absolute atomic E-state index is 0.0130. The molecule has 0 spiro atoms. The van der Waals surface area contributed by atoms with Gasteiger partial charge in [-0.15, -0.1) is 0 Å². The number of hydrogen-bond acceptors (Lipinski definition) is 5. The normalized spacial score (nSPS) is 21.2. The first kappa shape index (κ1) is 16.5. The number of nitrogens with one attached hydrogen (secondary N) is 3. The lowest BCUT2D eigenvalue weighted by Gasteiger charge is -2.23. The van der Waals surface area contributed by atoms with Crippen molar-refractivity contribution in [2.75, 3.05) is 31.2 Å². The lowest BCUT2D eigenvalue weighted by Crippen LogP contribution is -2.50. The van der Waals surface area contributed by atoms with Gasteiger partial charge in [-0.25, -0.2) is 0 Å². The van der Waals surface area contributed by atoms with Crippen molar-refractivity contribution in [2.24, 2.45) is 5.10 Å². The highest BCUT2D eigenvalue weighted by Gasteiger charge is 2.21. The summed E-state index contributed by atoms with van der Waals surface area (Å²) in [6.45, 7) is 3.36. The first-order valence-electron chi connectivity index (χ1n) is 7.66. The fourth-order valence-electron chi connectivity index (χ4n) is 2.67. The van der Waals surface area contributed by atoms with Gasteiger partial charge in [0.05, 0.1) is 15.7 Å². The van der Waals surface area contributed by atoms with E-state index in [9.17, 15) is 4.79 Å². The number of piperazine rings is 1. The number of carbonyl (C=O) groups excluding carboxylic acids is 1. The molecule has 0 saturated carbocycles. The summed E-state index contributed by atoms with van der Waals surface area (Å²) >= 11 is 12.0. The zero-order valence-corrected chi connectivity index (χ0v) is 14.1. The second-order valence-corrected chi connectivity index (χ2v) is 6.44. The molecule has 3 N–H and O–H groups in total. The minimum atomic E-state index is -0.0130. The molecule has 6 nitrogen and oxygen atoms in total. The summed E-state index contributed by atoms with van der Waals surface area (Å²) in [6.07, 6.45) is 1.14. The number of halogens is 2. The summed E-state index contributed by atoms with van der Waals surface area (Å²) < 4.78 is 0. The number of hydrazone groups is 1. The molecule has 0 aromatic heterocycles. The lowest BCUT2D eigenvalue weighted by molar-refractivity contribution is -0.120. The topological polar surface area (TPSA) is 68.8 Å². The maximum absolute atomic E-state index is 12.1. The van der Waals surface area contributed by atoms with Crippen LogP contribution in [0.5, 0.6) is 0 Å². The van der Waals surface area contributed by atoms with Crippen LogP contribution in [0.1, 0.15) is 12.8 Å². The number of rotatable bonds is 3. The molecule has 1 amide bonds. The average Bonchev–Trinajstić information content (AvgIpc) is 2.99. The van der Waals surface area contributed by atoms with Gasteiger partial charge in [-0.2, -0.15) is 5.10 Å². The number of nitrogens with zero attached hydrogens (tertiary/aromatic N) is 2. The Labute approximate surface area is 145 Å². The summed E-state index contributed by atoms with van der Waals surface area (Å²) in [5, 5.41) is 16.8. The van der Waals surface area contributed by atoms with Crippen LogP contribution in [0.4, 0.5) is 5.69 Å². The Kier molecular flexibility index (Phi) is 5.38. The molecule has 0 aliphatic carbocycles. The van der Waals surface area contributed by atoms with Crippen LogP contribution in [0.2, 0.25) is 10.0 Å². The van der Waals surface area contributed by atoms with Crippen LogP contribution in [-0.4, -0.2) is 44.0 Å². The smallest absolute Gasteiger partial charge is 0.226 e. The molecule has 2 aliphatic rings. The highest BCUT2D eigenvalue weighted by molar-refractivity contribution is 6.42. The van der Waals surface area contributed by atoms with Crippen molar-refractivity contribution < 1.29 is 4.79 Å². The van der Waals surface area contributed by atoms with E-state index in [0.717, 1.165) is 25.3 Å². The summed E-state index contributed by atoms with van der Waals surface area (Å²) in [7, 11) is 0. The van der Waals surface area contributed by atoms with Crippen LogP contribution in [0, 0.1) is 0 Å². The quantitative estimate of drug-likeness (QED) is 0.769. The summed E-state index contributed by atoms with van der Waals surface area (Å²) in [6, 6.07) is 5.56. The number of anilines is 1. The fourth-order valence-corrected chi connectivity index (χ4v) is 2.96. The molecule has 23 heavy (non-hydrogen) atoms. The van der Waals surface area contributed by atoms with Crippen LogP contribution in [-0.2, 0) is 4.79 Å². The van der Waals surface area contributed by atoms with Crippen molar-refractivity contribution in [1.82, 2.24) is 16.0 Å². The Hall–Kier alpha value is -1.34. The van der Waals surface area contributed by atoms with Crippen LogP contribution in [0.25, 0.3) is 0 Å². The fraction of sp³-hybridized carbons (Fsp3) is 0.467. The van der Waals surface area contributed by atoms with Gasteiger partial charge in [-0.1, -0.05) is 23.2 Å².